The lowest BCUT2D eigenvalue weighted by atomic mass is 10.2. The van der Waals surface area contributed by atoms with Crippen molar-refractivity contribution < 1.29 is 0 Å². The normalized spacial score (nSPS) is 10.5. The van der Waals surface area contributed by atoms with Crippen LogP contribution in [0.4, 0.5) is 17.1 Å². The molecule has 0 unspecified atom stereocenters. The van der Waals surface area contributed by atoms with Gasteiger partial charge in [0.25, 0.3) is 5.56 Å². The first-order chi connectivity index (χ1) is 11.1. The average Bonchev–Trinajstić information content (AvgIpc) is 2.56. The molecule has 0 aliphatic rings. The van der Waals surface area contributed by atoms with E-state index in [1.54, 1.807) is 12.1 Å². The Morgan fingerprint density at radius 1 is 1.13 bits per heavy atom. The predicted molar refractivity (Wildman–Crippen MR) is 93.2 cm³/mol. The molecule has 0 amide bonds. The SMILES string of the molecule is Nc1cccc(Nc2cnn(Cc3ccccc3)c(=O)c2Cl)c1. The van der Waals surface area contributed by atoms with Gasteiger partial charge in [0.15, 0.2) is 0 Å². The van der Waals surface area contributed by atoms with Crippen LogP contribution in [0.1, 0.15) is 5.56 Å². The average molecular weight is 327 g/mol. The van der Waals surface area contributed by atoms with Crippen molar-refractivity contribution in [1.29, 1.82) is 0 Å². The van der Waals surface area contributed by atoms with Gasteiger partial charge in [0.05, 0.1) is 18.4 Å². The summed E-state index contributed by atoms with van der Waals surface area (Å²) in [6.45, 7) is 0.373. The molecule has 0 saturated heterocycles. The van der Waals surface area contributed by atoms with Gasteiger partial charge in [-0.2, -0.15) is 5.10 Å². The van der Waals surface area contributed by atoms with Crippen molar-refractivity contribution in [2.24, 2.45) is 0 Å². The molecule has 116 valence electrons. The number of rotatable bonds is 4. The second-order valence-electron chi connectivity index (χ2n) is 5.07. The number of nitrogens with one attached hydrogen (secondary N) is 1. The fraction of sp³-hybridized carbons (Fsp3) is 0.0588. The maximum Gasteiger partial charge on any atom is 0.287 e. The molecule has 0 saturated carbocycles. The summed E-state index contributed by atoms with van der Waals surface area (Å²) in [7, 11) is 0. The molecule has 23 heavy (non-hydrogen) atoms. The molecule has 0 atom stereocenters. The first kappa shape index (κ1) is 15.1. The fourth-order valence-corrected chi connectivity index (χ4v) is 2.39. The number of hydrogen-bond donors (Lipinski definition) is 2. The second-order valence-corrected chi connectivity index (χ2v) is 5.45. The molecular weight excluding hydrogens is 312 g/mol. The molecule has 0 fully saturated rings. The fourth-order valence-electron chi connectivity index (χ4n) is 2.19. The number of nitrogens with zero attached hydrogens (tertiary/aromatic N) is 2. The van der Waals surface area contributed by atoms with Crippen molar-refractivity contribution in [2.75, 3.05) is 11.1 Å². The van der Waals surface area contributed by atoms with Crippen LogP contribution in [-0.2, 0) is 6.54 Å². The monoisotopic (exact) mass is 326 g/mol. The van der Waals surface area contributed by atoms with Crippen molar-refractivity contribution in [3.8, 4) is 0 Å². The molecule has 3 rings (SSSR count). The van der Waals surface area contributed by atoms with E-state index in [9.17, 15) is 4.79 Å². The van der Waals surface area contributed by atoms with E-state index in [-0.39, 0.29) is 10.6 Å². The molecule has 1 aromatic heterocycles. The standard InChI is InChI=1S/C17H15ClN4O/c18-16-15(21-14-8-4-7-13(19)9-14)10-20-22(17(16)23)11-12-5-2-1-3-6-12/h1-10,21H,11,19H2. The number of hydrogen-bond acceptors (Lipinski definition) is 4. The highest BCUT2D eigenvalue weighted by Gasteiger charge is 2.10. The van der Waals surface area contributed by atoms with E-state index >= 15 is 0 Å². The van der Waals surface area contributed by atoms with Gasteiger partial charge in [0.1, 0.15) is 5.02 Å². The molecule has 0 radical (unpaired) electrons. The Hall–Kier alpha value is -2.79. The zero-order chi connectivity index (χ0) is 16.2. The van der Waals surface area contributed by atoms with E-state index < -0.39 is 0 Å². The molecule has 6 heteroatoms. The number of nitrogen functional groups attached to an aromatic ring is 1. The number of benzene rings is 2. The molecular formula is C17H15ClN4O. The molecule has 1 heterocycles. The zero-order valence-electron chi connectivity index (χ0n) is 12.2. The van der Waals surface area contributed by atoms with Crippen LogP contribution in [0.2, 0.25) is 5.02 Å². The quantitative estimate of drug-likeness (QED) is 0.722. The van der Waals surface area contributed by atoms with Crippen molar-refractivity contribution in [2.45, 2.75) is 6.54 Å². The molecule has 0 aliphatic heterocycles. The van der Waals surface area contributed by atoms with Gasteiger partial charge in [-0.05, 0) is 23.8 Å². The summed E-state index contributed by atoms with van der Waals surface area (Å²) >= 11 is 6.19. The molecule has 2 aromatic carbocycles. The molecule has 3 aromatic rings. The van der Waals surface area contributed by atoms with Crippen molar-refractivity contribution in [1.82, 2.24) is 9.78 Å². The summed E-state index contributed by atoms with van der Waals surface area (Å²) in [5.74, 6) is 0. The third kappa shape index (κ3) is 3.52. The lowest BCUT2D eigenvalue weighted by Crippen LogP contribution is -2.24. The number of halogens is 1. The maximum atomic E-state index is 12.4. The van der Waals surface area contributed by atoms with Gasteiger partial charge in [0, 0.05) is 11.4 Å². The zero-order valence-corrected chi connectivity index (χ0v) is 13.0. The summed E-state index contributed by atoms with van der Waals surface area (Å²) in [5, 5.41) is 7.33. The lowest BCUT2D eigenvalue weighted by Gasteiger charge is -2.11. The molecule has 3 N–H and O–H groups in total. The molecule has 5 nitrogen and oxygen atoms in total. The molecule has 0 aliphatic carbocycles. The highest BCUT2D eigenvalue weighted by molar-refractivity contribution is 6.33. The summed E-state index contributed by atoms with van der Waals surface area (Å²) < 4.78 is 1.34. The second kappa shape index (κ2) is 6.54. The van der Waals surface area contributed by atoms with Crippen LogP contribution in [0.3, 0.4) is 0 Å². The van der Waals surface area contributed by atoms with Gasteiger partial charge < -0.3 is 11.1 Å². The lowest BCUT2D eigenvalue weighted by molar-refractivity contribution is 0.640. The first-order valence-corrected chi connectivity index (χ1v) is 7.43. The predicted octanol–water partition coefficient (Wildman–Crippen LogP) is 3.27. The number of nitrogens with two attached hydrogens (primary N) is 1. The largest absolute Gasteiger partial charge is 0.399 e. The van der Waals surface area contributed by atoms with Gasteiger partial charge in [-0.25, -0.2) is 4.68 Å². The Bertz CT molecular complexity index is 877. The van der Waals surface area contributed by atoms with Crippen molar-refractivity contribution in [3.05, 3.63) is 81.7 Å². The summed E-state index contributed by atoms with van der Waals surface area (Å²) in [6.07, 6.45) is 1.54. The van der Waals surface area contributed by atoms with Crippen molar-refractivity contribution in [3.63, 3.8) is 0 Å². The van der Waals surface area contributed by atoms with Crippen LogP contribution in [0.5, 0.6) is 0 Å². The van der Waals surface area contributed by atoms with Crippen molar-refractivity contribution >= 4 is 28.7 Å². The van der Waals surface area contributed by atoms with E-state index in [1.165, 1.54) is 10.9 Å². The highest BCUT2D eigenvalue weighted by atomic mass is 35.5. The van der Waals surface area contributed by atoms with E-state index in [0.717, 1.165) is 11.3 Å². The van der Waals surface area contributed by atoms with E-state index in [1.807, 2.05) is 42.5 Å². The minimum Gasteiger partial charge on any atom is -0.399 e. The minimum atomic E-state index is -0.343. The topological polar surface area (TPSA) is 72.9 Å². The van der Waals surface area contributed by atoms with Gasteiger partial charge in [-0.15, -0.1) is 0 Å². The van der Waals surface area contributed by atoms with Crippen LogP contribution in [-0.4, -0.2) is 9.78 Å². The summed E-state index contributed by atoms with van der Waals surface area (Å²) in [4.78, 5) is 12.4. The summed E-state index contributed by atoms with van der Waals surface area (Å²) in [5.41, 5.74) is 8.19. The number of aromatic nitrogens is 2. The van der Waals surface area contributed by atoms with Crippen LogP contribution < -0.4 is 16.6 Å². The van der Waals surface area contributed by atoms with Gasteiger partial charge in [-0.3, -0.25) is 4.79 Å². The Kier molecular flexibility index (Phi) is 4.30. The van der Waals surface area contributed by atoms with Gasteiger partial charge in [-0.1, -0.05) is 48.0 Å². The highest BCUT2D eigenvalue weighted by Crippen LogP contribution is 2.22. The minimum absolute atomic E-state index is 0.0957. The first-order valence-electron chi connectivity index (χ1n) is 7.05. The molecule has 0 bridgehead atoms. The van der Waals surface area contributed by atoms with Crippen LogP contribution >= 0.6 is 11.6 Å². The van der Waals surface area contributed by atoms with E-state index in [2.05, 4.69) is 10.4 Å². The maximum absolute atomic E-state index is 12.4. The van der Waals surface area contributed by atoms with Crippen LogP contribution in [0.15, 0.2) is 65.6 Å². The van der Waals surface area contributed by atoms with E-state index in [4.69, 9.17) is 17.3 Å². The van der Waals surface area contributed by atoms with Gasteiger partial charge >= 0.3 is 0 Å². The van der Waals surface area contributed by atoms with Gasteiger partial charge in [0.2, 0.25) is 0 Å². The Morgan fingerprint density at radius 2 is 1.91 bits per heavy atom. The van der Waals surface area contributed by atoms with E-state index in [0.29, 0.717) is 17.9 Å². The third-order valence-corrected chi connectivity index (χ3v) is 3.69. The molecule has 0 spiro atoms. The third-order valence-electron chi connectivity index (χ3n) is 3.33. The Morgan fingerprint density at radius 3 is 2.65 bits per heavy atom. The van der Waals surface area contributed by atoms with Crippen LogP contribution in [0.25, 0.3) is 0 Å². The van der Waals surface area contributed by atoms with Crippen LogP contribution in [0, 0.1) is 0 Å². The number of anilines is 3. The smallest absolute Gasteiger partial charge is 0.287 e. The Labute approximate surface area is 138 Å². The summed E-state index contributed by atoms with van der Waals surface area (Å²) in [6, 6.07) is 16.8. The Balaban J connectivity index is 1.87.